The second-order valence-electron chi connectivity index (χ2n) is 3.67. The molecule has 0 radical (unpaired) electrons. The molecule has 0 amide bonds. The highest BCUT2D eigenvalue weighted by Crippen LogP contribution is 2.26. The van der Waals surface area contributed by atoms with E-state index in [2.05, 4.69) is 26.3 Å². The molecule has 0 saturated heterocycles. The first-order valence-electron chi connectivity index (χ1n) is 5.40. The lowest BCUT2D eigenvalue weighted by atomic mass is 10.1. The van der Waals surface area contributed by atoms with Gasteiger partial charge in [-0.1, -0.05) is 44.0 Å². The molecule has 18 heavy (non-hydrogen) atoms. The molecule has 0 atom stereocenters. The Morgan fingerprint density at radius 2 is 1.61 bits per heavy atom. The molecule has 0 fully saturated rings. The smallest absolute Gasteiger partial charge is 0.200 e. The van der Waals surface area contributed by atoms with Crippen molar-refractivity contribution in [3.63, 3.8) is 0 Å². The van der Waals surface area contributed by atoms with Gasteiger partial charge < -0.3 is 4.74 Å². The normalized spacial score (nSPS) is 12.0. The van der Waals surface area contributed by atoms with Crippen LogP contribution in [-0.4, -0.2) is 6.61 Å². The Morgan fingerprint density at radius 3 is 2.06 bits per heavy atom. The minimum Gasteiger partial charge on any atom is -0.491 e. The maximum absolute atomic E-state index is 13.7. The monoisotopic (exact) mass is 252 g/mol. The zero-order chi connectivity index (χ0) is 14.3. The summed E-state index contributed by atoms with van der Waals surface area (Å²) in [7, 11) is 0. The van der Waals surface area contributed by atoms with E-state index in [4.69, 9.17) is 4.74 Å². The molecule has 98 valence electrons. The number of allylic oxidation sites excluding steroid dienone is 7. The van der Waals surface area contributed by atoms with E-state index >= 15 is 0 Å². The number of halogens is 2. The van der Waals surface area contributed by atoms with E-state index in [-0.39, 0.29) is 23.5 Å². The predicted molar refractivity (Wildman–Crippen MR) is 72.2 cm³/mol. The van der Waals surface area contributed by atoms with Gasteiger partial charge in [0, 0.05) is 5.57 Å². The van der Waals surface area contributed by atoms with Crippen LogP contribution in [0.25, 0.3) is 0 Å². The fraction of sp³-hybridized carbons (Fsp3) is 0.200. The molecule has 0 saturated carbocycles. The summed E-state index contributed by atoms with van der Waals surface area (Å²) in [4.78, 5) is 0. The minimum atomic E-state index is -1.16. The molecule has 0 heterocycles. The second kappa shape index (κ2) is 7.43. The van der Waals surface area contributed by atoms with Crippen LogP contribution >= 0.6 is 0 Å². The summed E-state index contributed by atoms with van der Waals surface area (Å²) in [6.45, 7) is 17.6. The maximum Gasteiger partial charge on any atom is 0.200 e. The lowest BCUT2D eigenvalue weighted by molar-refractivity contribution is 0.224. The highest BCUT2D eigenvalue weighted by Gasteiger charge is 2.15. The van der Waals surface area contributed by atoms with Crippen LogP contribution in [0, 0.1) is 0 Å². The molecule has 0 spiro atoms. The molecule has 0 aliphatic carbocycles. The Labute approximate surface area is 107 Å². The first kappa shape index (κ1) is 16.1. The van der Waals surface area contributed by atoms with Gasteiger partial charge in [0.2, 0.25) is 5.83 Å². The van der Waals surface area contributed by atoms with Crippen molar-refractivity contribution >= 4 is 0 Å². The standard InChI is InChI=1S/C15H18F2O/c1-7-18-13(6)15(17)14(16)12(5)11(4)9-8-10(2)3/h8-9H,2,4-7H2,1,3H3/b9-8-,15-14-. The van der Waals surface area contributed by atoms with Crippen molar-refractivity contribution in [1.29, 1.82) is 0 Å². The van der Waals surface area contributed by atoms with Crippen molar-refractivity contribution in [1.82, 2.24) is 0 Å². The molecule has 0 N–H and O–H groups in total. The van der Waals surface area contributed by atoms with Crippen LogP contribution in [0.1, 0.15) is 13.8 Å². The summed E-state index contributed by atoms with van der Waals surface area (Å²) in [5, 5.41) is 0. The topological polar surface area (TPSA) is 9.23 Å². The van der Waals surface area contributed by atoms with Crippen LogP contribution in [0.4, 0.5) is 8.78 Å². The molecule has 0 aliphatic heterocycles. The summed E-state index contributed by atoms with van der Waals surface area (Å²) in [6.07, 6.45) is 3.15. The van der Waals surface area contributed by atoms with Gasteiger partial charge >= 0.3 is 0 Å². The quantitative estimate of drug-likeness (QED) is 0.461. The van der Waals surface area contributed by atoms with E-state index in [1.807, 2.05) is 0 Å². The Morgan fingerprint density at radius 1 is 1.06 bits per heavy atom. The molecule has 0 aliphatic rings. The minimum absolute atomic E-state index is 0.147. The Hall–Kier alpha value is -1.90. The van der Waals surface area contributed by atoms with E-state index in [1.54, 1.807) is 19.9 Å². The number of rotatable bonds is 7. The van der Waals surface area contributed by atoms with E-state index in [9.17, 15) is 8.78 Å². The largest absolute Gasteiger partial charge is 0.491 e. The van der Waals surface area contributed by atoms with Crippen molar-refractivity contribution in [2.75, 3.05) is 6.61 Å². The van der Waals surface area contributed by atoms with Crippen LogP contribution in [0.3, 0.4) is 0 Å². The SMILES string of the molecule is C=C(C)/C=C\C(=C)C(=C)/C(F)=C(/F)C(=C)OCC. The van der Waals surface area contributed by atoms with Gasteiger partial charge in [-0.25, -0.2) is 4.39 Å². The first-order valence-corrected chi connectivity index (χ1v) is 5.40. The van der Waals surface area contributed by atoms with Crippen LogP contribution < -0.4 is 0 Å². The Bertz CT molecular complexity index is 439. The molecule has 1 nitrogen and oxygen atoms in total. The third kappa shape index (κ3) is 4.95. The van der Waals surface area contributed by atoms with Crippen LogP contribution in [0.2, 0.25) is 0 Å². The third-order valence-corrected chi connectivity index (χ3v) is 1.98. The van der Waals surface area contributed by atoms with E-state index < -0.39 is 11.7 Å². The van der Waals surface area contributed by atoms with Gasteiger partial charge in [-0.15, -0.1) is 0 Å². The lowest BCUT2D eigenvalue weighted by Gasteiger charge is -2.08. The van der Waals surface area contributed by atoms with E-state index in [0.717, 1.165) is 5.57 Å². The van der Waals surface area contributed by atoms with Crippen LogP contribution in [0.5, 0.6) is 0 Å². The number of hydrogen-bond acceptors (Lipinski definition) is 1. The summed E-state index contributed by atoms with van der Waals surface area (Å²) in [5.41, 5.74) is 0.883. The van der Waals surface area contributed by atoms with Crippen LogP contribution in [0.15, 0.2) is 72.6 Å². The molecule has 0 aromatic carbocycles. The molecule has 0 aromatic rings. The molecule has 0 rings (SSSR count). The average molecular weight is 252 g/mol. The zero-order valence-electron chi connectivity index (χ0n) is 10.9. The summed E-state index contributed by atoms with van der Waals surface area (Å²) in [5.74, 6) is -2.63. The van der Waals surface area contributed by atoms with Crippen molar-refractivity contribution < 1.29 is 13.5 Å². The summed E-state index contributed by atoms with van der Waals surface area (Å²) < 4.78 is 32.0. The average Bonchev–Trinajstić information content (AvgIpc) is 2.33. The fourth-order valence-corrected chi connectivity index (χ4v) is 0.977. The Balaban J connectivity index is 4.98. The van der Waals surface area contributed by atoms with E-state index in [0.29, 0.717) is 0 Å². The summed E-state index contributed by atoms with van der Waals surface area (Å²) >= 11 is 0. The highest BCUT2D eigenvalue weighted by atomic mass is 19.2. The van der Waals surface area contributed by atoms with Crippen LogP contribution in [-0.2, 0) is 4.74 Å². The van der Waals surface area contributed by atoms with Gasteiger partial charge in [0.05, 0.1) is 6.61 Å². The van der Waals surface area contributed by atoms with Crippen molar-refractivity contribution in [3.8, 4) is 0 Å². The molecule has 0 aromatic heterocycles. The van der Waals surface area contributed by atoms with Crippen molar-refractivity contribution in [2.45, 2.75) is 13.8 Å². The molecule has 0 bridgehead atoms. The predicted octanol–water partition coefficient (Wildman–Crippen LogP) is 4.93. The number of hydrogen-bond donors (Lipinski definition) is 0. The maximum atomic E-state index is 13.7. The summed E-state index contributed by atoms with van der Waals surface area (Å²) in [6, 6.07) is 0. The molecular formula is C15H18F2O. The number of ether oxygens (including phenoxy) is 1. The molecule has 0 unspecified atom stereocenters. The molecular weight excluding hydrogens is 234 g/mol. The Kier molecular flexibility index (Phi) is 6.65. The first-order chi connectivity index (χ1) is 8.31. The zero-order valence-corrected chi connectivity index (χ0v) is 10.9. The van der Waals surface area contributed by atoms with Gasteiger partial charge in [0.1, 0.15) is 0 Å². The van der Waals surface area contributed by atoms with Gasteiger partial charge in [-0.05, 0) is 19.4 Å². The van der Waals surface area contributed by atoms with Crippen molar-refractivity contribution in [2.24, 2.45) is 0 Å². The highest BCUT2D eigenvalue weighted by molar-refractivity contribution is 5.49. The van der Waals surface area contributed by atoms with Crippen molar-refractivity contribution in [3.05, 3.63) is 72.6 Å². The van der Waals surface area contributed by atoms with Gasteiger partial charge in [0.15, 0.2) is 11.6 Å². The van der Waals surface area contributed by atoms with Gasteiger partial charge in [-0.3, -0.25) is 0 Å². The lowest BCUT2D eigenvalue weighted by Crippen LogP contribution is -1.95. The van der Waals surface area contributed by atoms with Gasteiger partial charge in [0.25, 0.3) is 0 Å². The second-order valence-corrected chi connectivity index (χ2v) is 3.67. The van der Waals surface area contributed by atoms with Gasteiger partial charge in [-0.2, -0.15) is 4.39 Å². The van der Waals surface area contributed by atoms with E-state index in [1.165, 1.54) is 6.08 Å². The molecule has 3 heteroatoms. The fourth-order valence-electron chi connectivity index (χ4n) is 0.977. The third-order valence-electron chi connectivity index (χ3n) is 1.98.